The number of urea groups is 1. The summed E-state index contributed by atoms with van der Waals surface area (Å²) in [6, 6.07) is -1.73. The number of aliphatic carboxylic acids is 1. The van der Waals surface area contributed by atoms with E-state index in [0.29, 0.717) is 32.6 Å². The number of amides is 2. The number of nitrogens with zero attached hydrogens (tertiary/aromatic N) is 1. The van der Waals surface area contributed by atoms with Gasteiger partial charge in [0.25, 0.3) is 0 Å². The molecule has 0 spiro atoms. The van der Waals surface area contributed by atoms with Gasteiger partial charge in [0.2, 0.25) is 5.54 Å². The number of alkyl halides is 3. The summed E-state index contributed by atoms with van der Waals surface area (Å²) in [5.41, 5.74) is -3.33. The Morgan fingerprint density at radius 2 is 1.67 bits per heavy atom. The van der Waals surface area contributed by atoms with E-state index in [1.807, 2.05) is 0 Å². The third-order valence-electron chi connectivity index (χ3n) is 4.29. The van der Waals surface area contributed by atoms with Gasteiger partial charge in [0.15, 0.2) is 0 Å². The normalized spacial score (nSPS) is 31.7. The fraction of sp³-hybridized carbons (Fsp3) is 0.833. The molecule has 3 unspecified atom stereocenters. The number of aliphatic hydroxyl groups is 1. The van der Waals surface area contributed by atoms with Crippen molar-refractivity contribution < 1.29 is 33.0 Å². The molecule has 0 aromatic heterocycles. The van der Waals surface area contributed by atoms with Crippen LogP contribution in [0, 0.1) is 0 Å². The summed E-state index contributed by atoms with van der Waals surface area (Å²) >= 11 is 0. The fourth-order valence-electron chi connectivity index (χ4n) is 3.00. The zero-order chi connectivity index (χ0) is 16.0. The zero-order valence-electron chi connectivity index (χ0n) is 11.4. The molecule has 0 saturated carbocycles. The fourth-order valence-corrected chi connectivity index (χ4v) is 3.00. The molecule has 120 valence electrons. The number of hydrogen-bond donors (Lipinski definition) is 3. The van der Waals surface area contributed by atoms with Crippen LogP contribution in [0.5, 0.6) is 0 Å². The van der Waals surface area contributed by atoms with Gasteiger partial charge in [0.05, 0.1) is 6.10 Å². The lowest BCUT2D eigenvalue weighted by Crippen LogP contribution is -2.65. The predicted molar refractivity (Wildman–Crippen MR) is 64.5 cm³/mol. The maximum atomic E-state index is 12.9. The molecule has 0 aliphatic carbocycles. The summed E-state index contributed by atoms with van der Waals surface area (Å²) in [7, 11) is 0. The van der Waals surface area contributed by atoms with E-state index in [9.17, 15) is 27.9 Å². The molecule has 9 heteroatoms. The monoisotopic (exact) mass is 310 g/mol. The van der Waals surface area contributed by atoms with Crippen LogP contribution in [0.1, 0.15) is 32.6 Å². The second kappa shape index (κ2) is 5.04. The molecule has 0 radical (unpaired) electrons. The van der Waals surface area contributed by atoms with Gasteiger partial charge in [-0.15, -0.1) is 0 Å². The highest BCUT2D eigenvalue weighted by Gasteiger charge is 2.59. The summed E-state index contributed by atoms with van der Waals surface area (Å²) in [6.07, 6.45) is -3.86. The number of halogens is 3. The molecule has 2 aliphatic rings. The Morgan fingerprint density at radius 3 is 2.05 bits per heavy atom. The number of fused-ring (bicyclic) bond motifs is 2. The third kappa shape index (κ3) is 2.66. The van der Waals surface area contributed by atoms with Gasteiger partial charge >= 0.3 is 18.2 Å². The minimum atomic E-state index is -5.11. The lowest BCUT2D eigenvalue weighted by Gasteiger charge is -2.39. The Bertz CT molecular complexity index is 442. The SMILES string of the molecule is CC(NC(=O)N1C2CCC1CC(O)C2)(C(=O)O)C(F)(F)F. The Kier molecular flexibility index (Phi) is 3.81. The largest absolute Gasteiger partial charge is 0.479 e. The summed E-state index contributed by atoms with van der Waals surface area (Å²) in [6.45, 7) is 0.425. The Balaban J connectivity index is 2.16. The Hall–Kier alpha value is -1.51. The van der Waals surface area contributed by atoms with Crippen molar-refractivity contribution in [2.75, 3.05) is 0 Å². The molecule has 0 aromatic carbocycles. The average Bonchev–Trinajstić information content (AvgIpc) is 2.60. The van der Waals surface area contributed by atoms with Gasteiger partial charge in [-0.1, -0.05) is 0 Å². The standard InChI is InChI=1S/C12H17F3N2O4/c1-11(9(19)20,12(13,14)15)16-10(21)17-6-2-3-7(17)5-8(18)4-6/h6-8,18H,2-5H2,1H3,(H,16,21)(H,19,20). The molecule has 2 fully saturated rings. The lowest BCUT2D eigenvalue weighted by atomic mass is 9.99. The van der Waals surface area contributed by atoms with E-state index in [1.54, 1.807) is 5.32 Å². The van der Waals surface area contributed by atoms with E-state index in [2.05, 4.69) is 0 Å². The quantitative estimate of drug-likeness (QED) is 0.712. The molecular weight excluding hydrogens is 293 g/mol. The van der Waals surface area contributed by atoms with E-state index < -0.39 is 29.8 Å². The second-order valence-electron chi connectivity index (χ2n) is 5.78. The summed E-state index contributed by atoms with van der Waals surface area (Å²) < 4.78 is 38.7. The molecule has 0 aromatic rings. The molecule has 2 heterocycles. The van der Waals surface area contributed by atoms with Crippen molar-refractivity contribution in [3.8, 4) is 0 Å². The van der Waals surface area contributed by atoms with Gasteiger partial charge in [-0.25, -0.2) is 9.59 Å². The number of rotatable bonds is 2. The number of nitrogens with one attached hydrogen (secondary N) is 1. The van der Waals surface area contributed by atoms with Crippen molar-refractivity contribution in [2.24, 2.45) is 0 Å². The topological polar surface area (TPSA) is 89.9 Å². The molecule has 2 bridgehead atoms. The van der Waals surface area contributed by atoms with Crippen molar-refractivity contribution in [1.29, 1.82) is 0 Å². The summed E-state index contributed by atoms with van der Waals surface area (Å²) in [5.74, 6) is -2.16. The van der Waals surface area contributed by atoms with Crippen LogP contribution in [0.15, 0.2) is 0 Å². The van der Waals surface area contributed by atoms with Crippen molar-refractivity contribution >= 4 is 12.0 Å². The van der Waals surface area contributed by atoms with Crippen molar-refractivity contribution in [3.05, 3.63) is 0 Å². The van der Waals surface area contributed by atoms with Crippen molar-refractivity contribution in [2.45, 2.75) is 62.5 Å². The van der Waals surface area contributed by atoms with E-state index in [4.69, 9.17) is 5.11 Å². The van der Waals surface area contributed by atoms with Crippen LogP contribution >= 0.6 is 0 Å². The number of carboxylic acids is 1. The van der Waals surface area contributed by atoms with Crippen molar-refractivity contribution in [3.63, 3.8) is 0 Å². The highest BCUT2D eigenvalue weighted by atomic mass is 19.4. The van der Waals surface area contributed by atoms with Crippen LogP contribution in [0.4, 0.5) is 18.0 Å². The number of aliphatic hydroxyl groups excluding tert-OH is 1. The van der Waals surface area contributed by atoms with Crippen LogP contribution in [-0.2, 0) is 4.79 Å². The highest BCUT2D eigenvalue weighted by molar-refractivity contribution is 5.87. The van der Waals surface area contributed by atoms with Crippen LogP contribution in [0.25, 0.3) is 0 Å². The Morgan fingerprint density at radius 1 is 1.19 bits per heavy atom. The zero-order valence-corrected chi connectivity index (χ0v) is 11.4. The van der Waals surface area contributed by atoms with Crippen molar-refractivity contribution in [1.82, 2.24) is 10.2 Å². The van der Waals surface area contributed by atoms with Gasteiger partial charge in [0.1, 0.15) is 0 Å². The minimum Gasteiger partial charge on any atom is -0.479 e. The highest BCUT2D eigenvalue weighted by Crippen LogP contribution is 2.37. The van der Waals surface area contributed by atoms with E-state index in [-0.39, 0.29) is 12.1 Å². The van der Waals surface area contributed by atoms with Gasteiger partial charge in [0, 0.05) is 12.1 Å². The van der Waals surface area contributed by atoms with Crippen LogP contribution in [0.2, 0.25) is 0 Å². The second-order valence-corrected chi connectivity index (χ2v) is 5.78. The summed E-state index contributed by atoms with van der Waals surface area (Å²) in [4.78, 5) is 24.3. The molecule has 3 N–H and O–H groups in total. The smallest absolute Gasteiger partial charge is 0.422 e. The number of carboxylic acid groups (broad SMARTS) is 1. The summed E-state index contributed by atoms with van der Waals surface area (Å²) in [5, 5.41) is 20.0. The first-order chi connectivity index (χ1) is 9.56. The van der Waals surface area contributed by atoms with Gasteiger partial charge in [-0.05, 0) is 32.6 Å². The number of hydrogen-bond acceptors (Lipinski definition) is 3. The number of carbonyl (C=O) groups excluding carboxylic acids is 1. The number of carbonyl (C=O) groups is 2. The van der Waals surface area contributed by atoms with Crippen LogP contribution < -0.4 is 5.32 Å². The molecule has 21 heavy (non-hydrogen) atoms. The van der Waals surface area contributed by atoms with Gasteiger partial charge in [-0.3, -0.25) is 0 Å². The average molecular weight is 310 g/mol. The Labute approximate surface area is 118 Å². The van der Waals surface area contributed by atoms with E-state index in [0.717, 1.165) is 0 Å². The molecule has 2 saturated heterocycles. The van der Waals surface area contributed by atoms with Gasteiger partial charge < -0.3 is 20.4 Å². The lowest BCUT2D eigenvalue weighted by molar-refractivity contribution is -0.203. The molecule has 6 nitrogen and oxygen atoms in total. The molecule has 2 amide bonds. The van der Waals surface area contributed by atoms with E-state index in [1.165, 1.54) is 4.90 Å². The molecule has 2 aliphatic heterocycles. The molecule has 2 rings (SSSR count). The van der Waals surface area contributed by atoms with Crippen LogP contribution in [0.3, 0.4) is 0 Å². The first kappa shape index (κ1) is 15.9. The maximum absolute atomic E-state index is 12.9. The molecular formula is C12H17F3N2O4. The minimum absolute atomic E-state index is 0.305. The predicted octanol–water partition coefficient (Wildman–Crippen LogP) is 1.09. The van der Waals surface area contributed by atoms with Crippen LogP contribution in [-0.4, -0.2) is 57.0 Å². The maximum Gasteiger partial charge on any atom is 0.422 e. The third-order valence-corrected chi connectivity index (χ3v) is 4.29. The molecule has 3 atom stereocenters. The number of piperidine rings is 1. The van der Waals surface area contributed by atoms with E-state index >= 15 is 0 Å². The first-order valence-corrected chi connectivity index (χ1v) is 6.65. The first-order valence-electron chi connectivity index (χ1n) is 6.65. The van der Waals surface area contributed by atoms with Gasteiger partial charge in [-0.2, -0.15) is 13.2 Å².